The third-order valence-electron chi connectivity index (χ3n) is 6.56. The van der Waals surface area contributed by atoms with Crippen LogP contribution in [-0.4, -0.2) is 40.3 Å². The largest absolute Gasteiger partial charge is 0.444 e. The Morgan fingerprint density at radius 2 is 1.86 bits per heavy atom. The molecular weight excluding hydrogens is 596 g/mol. The third kappa shape index (κ3) is 7.62. The second kappa shape index (κ2) is 12.2. The number of thiophene rings is 2. The Balaban J connectivity index is 1.81. The summed E-state index contributed by atoms with van der Waals surface area (Å²) < 4.78 is 12.1. The molecule has 3 heterocycles. The van der Waals surface area contributed by atoms with Crippen LogP contribution in [0.5, 0.6) is 0 Å². The number of halogens is 1. The highest BCUT2D eigenvalue weighted by Gasteiger charge is 2.35. The summed E-state index contributed by atoms with van der Waals surface area (Å²) in [6.45, 7) is 13.1. The van der Waals surface area contributed by atoms with Crippen molar-refractivity contribution in [3.05, 3.63) is 55.7 Å². The van der Waals surface area contributed by atoms with Crippen molar-refractivity contribution in [2.24, 2.45) is 5.73 Å². The van der Waals surface area contributed by atoms with E-state index in [1.807, 2.05) is 51.3 Å². The molecule has 3 amide bonds. The van der Waals surface area contributed by atoms with E-state index in [0.717, 1.165) is 20.0 Å². The summed E-state index contributed by atoms with van der Waals surface area (Å²) in [5, 5.41) is 5.17. The zero-order valence-corrected chi connectivity index (χ0v) is 27.3. The molecule has 3 aromatic heterocycles. The standard InChI is InChI=1S/C30H37ClN4O5S2/c1-16-23-25(21(14-22(31)34-23)35(15-18-9-8-12-41-18)28(38)40-30(5,6)7)42-24(16)19-11-10-17(26(32)36)13-20(19)33-27(37)39-29(2,3)4/h8-10,12,14,19-20H,11,13,15H2,1-7H3,(H2,32,36)(H,33,37)/t19-,20-/m0/s1. The molecule has 4 rings (SSSR count). The molecule has 42 heavy (non-hydrogen) atoms. The average molecular weight is 633 g/mol. The number of nitrogens with two attached hydrogens (primary N) is 1. The Morgan fingerprint density at radius 1 is 1.17 bits per heavy atom. The lowest BCUT2D eigenvalue weighted by Gasteiger charge is -2.32. The van der Waals surface area contributed by atoms with Crippen LogP contribution in [0.4, 0.5) is 15.3 Å². The van der Waals surface area contributed by atoms with Crippen LogP contribution in [0.1, 0.15) is 75.6 Å². The summed E-state index contributed by atoms with van der Waals surface area (Å²) >= 11 is 9.58. The number of primary amides is 1. The first-order valence-electron chi connectivity index (χ1n) is 13.6. The number of nitrogens with zero attached hydrogens (tertiary/aromatic N) is 2. The minimum absolute atomic E-state index is 0.196. The van der Waals surface area contributed by atoms with Gasteiger partial charge in [0.05, 0.1) is 22.4 Å². The van der Waals surface area contributed by atoms with E-state index in [2.05, 4.69) is 10.3 Å². The van der Waals surface area contributed by atoms with Gasteiger partial charge >= 0.3 is 12.2 Å². The Kier molecular flexibility index (Phi) is 9.25. The van der Waals surface area contributed by atoms with Crippen LogP contribution < -0.4 is 16.0 Å². The molecule has 0 aliphatic heterocycles. The molecule has 12 heteroatoms. The fraction of sp³-hybridized carbons (Fsp3) is 0.467. The van der Waals surface area contributed by atoms with Gasteiger partial charge in [-0.3, -0.25) is 9.69 Å². The van der Waals surface area contributed by atoms with Crippen LogP contribution in [0.2, 0.25) is 5.15 Å². The molecule has 3 N–H and O–H groups in total. The number of alkyl carbamates (subject to hydrolysis) is 1. The first kappa shape index (κ1) is 31.8. The predicted octanol–water partition coefficient (Wildman–Crippen LogP) is 7.44. The lowest BCUT2D eigenvalue weighted by molar-refractivity contribution is -0.114. The van der Waals surface area contributed by atoms with Crippen molar-refractivity contribution in [3.63, 3.8) is 0 Å². The lowest BCUT2D eigenvalue weighted by Crippen LogP contribution is -2.44. The molecule has 0 unspecified atom stereocenters. The van der Waals surface area contributed by atoms with Crippen molar-refractivity contribution in [2.75, 3.05) is 4.90 Å². The van der Waals surface area contributed by atoms with Crippen molar-refractivity contribution in [3.8, 4) is 0 Å². The first-order chi connectivity index (χ1) is 19.5. The van der Waals surface area contributed by atoms with E-state index in [4.69, 9.17) is 26.8 Å². The molecule has 0 saturated carbocycles. The van der Waals surface area contributed by atoms with Gasteiger partial charge in [0.25, 0.3) is 0 Å². The van der Waals surface area contributed by atoms with E-state index in [1.165, 1.54) is 11.3 Å². The molecule has 0 saturated heterocycles. The van der Waals surface area contributed by atoms with Crippen LogP contribution in [-0.2, 0) is 20.8 Å². The maximum Gasteiger partial charge on any atom is 0.415 e. The van der Waals surface area contributed by atoms with E-state index < -0.39 is 35.3 Å². The normalized spacial score (nSPS) is 17.5. The fourth-order valence-corrected chi connectivity index (χ4v) is 7.15. The number of hydrogen-bond donors (Lipinski definition) is 2. The Bertz CT molecular complexity index is 1520. The number of hydrogen-bond acceptors (Lipinski definition) is 8. The Labute approximate surface area is 259 Å². The zero-order chi connectivity index (χ0) is 31.0. The number of aromatic nitrogens is 1. The van der Waals surface area contributed by atoms with Gasteiger partial charge in [-0.05, 0) is 78.3 Å². The number of ether oxygens (including phenoxy) is 2. The van der Waals surface area contributed by atoms with Crippen molar-refractivity contribution in [2.45, 2.75) is 91.0 Å². The minimum atomic E-state index is -0.704. The summed E-state index contributed by atoms with van der Waals surface area (Å²) in [4.78, 5) is 46.6. The number of nitrogens with one attached hydrogen (secondary N) is 1. The number of anilines is 1. The molecule has 2 atom stereocenters. The summed E-state index contributed by atoms with van der Waals surface area (Å²) in [6, 6.07) is 5.13. The van der Waals surface area contributed by atoms with Gasteiger partial charge in [0.1, 0.15) is 16.4 Å². The van der Waals surface area contributed by atoms with Gasteiger partial charge in [-0.2, -0.15) is 0 Å². The maximum absolute atomic E-state index is 13.6. The fourth-order valence-electron chi connectivity index (χ4n) is 4.82. The molecule has 1 aliphatic rings. The van der Waals surface area contributed by atoms with Gasteiger partial charge in [-0.25, -0.2) is 14.6 Å². The number of carbonyl (C=O) groups excluding carboxylic acids is 3. The third-order valence-corrected chi connectivity index (χ3v) is 9.05. The number of rotatable bonds is 6. The summed E-state index contributed by atoms with van der Waals surface area (Å²) in [6.07, 6.45) is 1.49. The van der Waals surface area contributed by atoms with Crippen LogP contribution in [0.25, 0.3) is 10.2 Å². The van der Waals surface area contributed by atoms with Crippen molar-refractivity contribution >= 4 is 68.3 Å². The second-order valence-corrected chi connectivity index (χ2v) is 14.7. The number of pyridine rings is 1. The Morgan fingerprint density at radius 3 is 2.45 bits per heavy atom. The van der Waals surface area contributed by atoms with Crippen molar-refractivity contribution < 1.29 is 23.9 Å². The van der Waals surface area contributed by atoms with Gasteiger partial charge in [-0.15, -0.1) is 22.7 Å². The summed E-state index contributed by atoms with van der Waals surface area (Å²) in [7, 11) is 0. The topological polar surface area (TPSA) is 124 Å². The number of allylic oxidation sites excluding steroid dienone is 1. The van der Waals surface area contributed by atoms with E-state index in [1.54, 1.807) is 43.1 Å². The predicted molar refractivity (Wildman–Crippen MR) is 169 cm³/mol. The average Bonchev–Trinajstić information content (AvgIpc) is 3.48. The molecule has 226 valence electrons. The SMILES string of the molecule is Cc1c([C@H]2CC=C(C(N)=O)C[C@@H]2NC(=O)OC(C)(C)C)sc2c(N(Cc3cccs3)C(=O)OC(C)(C)C)cc(Cl)nc12. The van der Waals surface area contributed by atoms with E-state index in [-0.39, 0.29) is 17.5 Å². The molecule has 0 radical (unpaired) electrons. The Hall–Kier alpha value is -3.15. The smallest absolute Gasteiger partial charge is 0.415 e. The van der Waals surface area contributed by atoms with Gasteiger partial charge in [0.2, 0.25) is 5.91 Å². The number of carbonyl (C=O) groups is 3. The van der Waals surface area contributed by atoms with Crippen LogP contribution in [0.15, 0.2) is 35.2 Å². The van der Waals surface area contributed by atoms with Gasteiger partial charge in [-0.1, -0.05) is 23.7 Å². The summed E-state index contributed by atoms with van der Waals surface area (Å²) in [5.74, 6) is -0.714. The molecule has 1 aliphatic carbocycles. The van der Waals surface area contributed by atoms with E-state index in [0.29, 0.717) is 29.7 Å². The zero-order valence-electron chi connectivity index (χ0n) is 24.9. The minimum Gasteiger partial charge on any atom is -0.444 e. The number of aryl methyl sites for hydroxylation is 1. The molecule has 0 spiro atoms. The lowest BCUT2D eigenvalue weighted by atomic mass is 9.82. The molecule has 0 bridgehead atoms. The molecule has 0 aromatic carbocycles. The second-order valence-electron chi connectivity index (χ2n) is 12.3. The van der Waals surface area contributed by atoms with Gasteiger partial charge in [0.15, 0.2) is 0 Å². The molecule has 3 aromatic rings. The number of amides is 3. The first-order valence-corrected chi connectivity index (χ1v) is 15.7. The van der Waals surface area contributed by atoms with Gasteiger partial charge in [0, 0.05) is 33.4 Å². The van der Waals surface area contributed by atoms with E-state index in [9.17, 15) is 14.4 Å². The highest BCUT2D eigenvalue weighted by Crippen LogP contribution is 2.45. The van der Waals surface area contributed by atoms with E-state index >= 15 is 0 Å². The highest BCUT2D eigenvalue weighted by molar-refractivity contribution is 7.20. The van der Waals surface area contributed by atoms with Crippen LogP contribution in [0, 0.1) is 6.92 Å². The van der Waals surface area contributed by atoms with Gasteiger partial charge < -0.3 is 20.5 Å². The quantitative estimate of drug-likeness (QED) is 0.272. The highest BCUT2D eigenvalue weighted by atomic mass is 35.5. The monoisotopic (exact) mass is 632 g/mol. The number of fused-ring (bicyclic) bond motifs is 1. The van der Waals surface area contributed by atoms with Crippen molar-refractivity contribution in [1.29, 1.82) is 0 Å². The van der Waals surface area contributed by atoms with Crippen LogP contribution in [0.3, 0.4) is 0 Å². The summed E-state index contributed by atoms with van der Waals surface area (Å²) in [5.41, 5.74) is 6.82. The molecule has 0 fully saturated rings. The van der Waals surface area contributed by atoms with Crippen molar-refractivity contribution in [1.82, 2.24) is 10.3 Å². The molecule has 9 nitrogen and oxygen atoms in total. The maximum atomic E-state index is 13.6. The molecular formula is C30H37ClN4O5S2. The van der Waals surface area contributed by atoms with Crippen LogP contribution >= 0.6 is 34.3 Å².